The van der Waals surface area contributed by atoms with Gasteiger partial charge >= 0.3 is 10.1 Å². The number of oxime groups is 1. The maximum absolute atomic E-state index is 13.7. The first-order valence-corrected chi connectivity index (χ1v) is 16.1. The molecule has 0 bridgehead atoms. The Bertz CT molecular complexity index is 1910. The van der Waals surface area contributed by atoms with Crippen LogP contribution in [0, 0.1) is 0 Å². The molecule has 0 unspecified atom stereocenters. The Kier molecular flexibility index (Phi) is 9.39. The number of hydrogen-bond donors (Lipinski definition) is 2. The Morgan fingerprint density at radius 3 is 2.22 bits per heavy atom. The highest BCUT2D eigenvalue weighted by molar-refractivity contribution is 7.86. The van der Waals surface area contributed by atoms with Crippen molar-refractivity contribution in [1.29, 1.82) is 0 Å². The third-order valence-corrected chi connectivity index (χ3v) is 8.60. The summed E-state index contributed by atoms with van der Waals surface area (Å²) < 4.78 is 36.6. The molecule has 1 atom stereocenters. The van der Waals surface area contributed by atoms with Gasteiger partial charge in [-0.05, 0) is 46.9 Å². The third-order valence-electron chi connectivity index (χ3n) is 7.48. The minimum Gasteiger partial charge on any atom is -0.497 e. The minimum atomic E-state index is -4.27. The van der Waals surface area contributed by atoms with Gasteiger partial charge in [-0.15, -0.1) is 0 Å². The fraction of sp³-hybridized carbons (Fsp3) is 0.194. The van der Waals surface area contributed by atoms with Crippen LogP contribution in [-0.4, -0.2) is 39.0 Å². The standard InChI is InChI=1S/C36H35N3O6S/c1-36(2,3)25-17-19-28(20-18-25)46(42,43)45-39-31-23-32(34(40)30-16-9-8-15-29(30)31)38-33(21-24-11-6-5-7-12-24)35(41)37-26-13-10-14-27(22-26)44-4/h5-20,22-23,33,38H,21H2,1-4H3,(H,37,41)/t33-/m1/s1. The highest BCUT2D eigenvalue weighted by Crippen LogP contribution is 2.26. The van der Waals surface area contributed by atoms with Crippen molar-refractivity contribution in [2.45, 2.75) is 43.5 Å². The number of rotatable bonds is 10. The fourth-order valence-corrected chi connectivity index (χ4v) is 5.68. The van der Waals surface area contributed by atoms with E-state index in [9.17, 15) is 18.0 Å². The van der Waals surface area contributed by atoms with Gasteiger partial charge in [-0.3, -0.25) is 13.9 Å². The van der Waals surface area contributed by atoms with Gasteiger partial charge in [0.15, 0.2) is 0 Å². The van der Waals surface area contributed by atoms with E-state index in [-0.39, 0.29) is 45.4 Å². The molecule has 4 aromatic rings. The lowest BCUT2D eigenvalue weighted by Gasteiger charge is -2.24. The SMILES string of the molecule is COc1cccc(NC(=O)[C@@H](Cc2ccccc2)NC2=CC(=NOS(=O)(=O)c3ccc(C(C)(C)C)cc3)c3ccccc3C2=O)c1. The average molecular weight is 638 g/mol. The molecule has 0 aliphatic heterocycles. The van der Waals surface area contributed by atoms with E-state index in [1.807, 2.05) is 51.1 Å². The molecule has 9 nitrogen and oxygen atoms in total. The van der Waals surface area contributed by atoms with E-state index in [2.05, 4.69) is 15.8 Å². The van der Waals surface area contributed by atoms with Crippen molar-refractivity contribution in [3.05, 3.63) is 137 Å². The molecule has 0 saturated carbocycles. The molecule has 1 amide bonds. The maximum atomic E-state index is 13.7. The zero-order valence-electron chi connectivity index (χ0n) is 26.0. The first-order chi connectivity index (χ1) is 21.9. The van der Waals surface area contributed by atoms with Crippen LogP contribution >= 0.6 is 0 Å². The van der Waals surface area contributed by atoms with E-state index < -0.39 is 16.2 Å². The molecule has 0 radical (unpaired) electrons. The number of nitrogens with one attached hydrogen (secondary N) is 2. The summed E-state index contributed by atoms with van der Waals surface area (Å²) in [5.74, 6) is -0.184. The van der Waals surface area contributed by atoms with Gasteiger partial charge in [0.2, 0.25) is 11.7 Å². The van der Waals surface area contributed by atoms with Crippen molar-refractivity contribution in [2.24, 2.45) is 5.16 Å². The van der Waals surface area contributed by atoms with Crippen LogP contribution in [0.4, 0.5) is 5.69 Å². The summed E-state index contributed by atoms with van der Waals surface area (Å²) in [6, 6.07) is 28.6. The first-order valence-electron chi connectivity index (χ1n) is 14.7. The lowest BCUT2D eigenvalue weighted by atomic mass is 9.87. The second-order valence-corrected chi connectivity index (χ2v) is 13.3. The summed E-state index contributed by atoms with van der Waals surface area (Å²) in [5, 5.41) is 10.00. The van der Waals surface area contributed by atoms with Crippen molar-refractivity contribution in [1.82, 2.24) is 5.32 Å². The van der Waals surface area contributed by atoms with Crippen LogP contribution in [0.15, 0.2) is 125 Å². The van der Waals surface area contributed by atoms with E-state index >= 15 is 0 Å². The van der Waals surface area contributed by atoms with E-state index in [4.69, 9.17) is 9.02 Å². The van der Waals surface area contributed by atoms with Gasteiger partial charge in [-0.2, -0.15) is 8.42 Å². The number of fused-ring (bicyclic) bond motifs is 1. The van der Waals surface area contributed by atoms with Gasteiger partial charge in [0, 0.05) is 29.3 Å². The molecule has 0 spiro atoms. The van der Waals surface area contributed by atoms with Crippen LogP contribution in [0.3, 0.4) is 0 Å². The Hall–Kier alpha value is -5.22. The Morgan fingerprint density at radius 2 is 1.54 bits per heavy atom. The fourth-order valence-electron chi connectivity index (χ4n) is 4.94. The van der Waals surface area contributed by atoms with Gasteiger partial charge in [0.25, 0.3) is 0 Å². The second-order valence-electron chi connectivity index (χ2n) is 11.8. The lowest BCUT2D eigenvalue weighted by molar-refractivity contribution is -0.117. The molecule has 46 heavy (non-hydrogen) atoms. The van der Waals surface area contributed by atoms with Crippen molar-refractivity contribution in [3.63, 3.8) is 0 Å². The highest BCUT2D eigenvalue weighted by Gasteiger charge is 2.29. The number of methoxy groups -OCH3 is 1. The molecule has 0 heterocycles. The van der Waals surface area contributed by atoms with Crippen LogP contribution in [0.1, 0.15) is 47.8 Å². The number of Topliss-reactive ketones (excluding diaryl/α,β-unsaturated/α-hetero) is 1. The molecule has 2 N–H and O–H groups in total. The molecule has 0 fully saturated rings. The largest absolute Gasteiger partial charge is 0.497 e. The number of carbonyl (C=O) groups is 2. The lowest BCUT2D eigenvalue weighted by Crippen LogP contribution is -2.44. The summed E-state index contributed by atoms with van der Waals surface area (Å²) >= 11 is 0. The van der Waals surface area contributed by atoms with E-state index in [0.29, 0.717) is 17.0 Å². The van der Waals surface area contributed by atoms with Crippen LogP contribution < -0.4 is 15.4 Å². The van der Waals surface area contributed by atoms with Gasteiger partial charge in [-0.25, -0.2) is 0 Å². The minimum absolute atomic E-state index is 0.0514. The van der Waals surface area contributed by atoms with Gasteiger partial charge in [0.1, 0.15) is 22.4 Å². The van der Waals surface area contributed by atoms with Crippen molar-refractivity contribution < 1.29 is 27.0 Å². The van der Waals surface area contributed by atoms with Gasteiger partial charge in [0.05, 0.1) is 12.8 Å². The van der Waals surface area contributed by atoms with Crippen molar-refractivity contribution in [3.8, 4) is 5.75 Å². The van der Waals surface area contributed by atoms with E-state index in [1.165, 1.54) is 25.3 Å². The molecule has 236 valence electrons. The smallest absolute Gasteiger partial charge is 0.358 e. The molecule has 1 aliphatic carbocycles. The normalized spacial score (nSPS) is 14.6. The molecule has 10 heteroatoms. The van der Waals surface area contributed by atoms with Gasteiger partial charge < -0.3 is 15.4 Å². The summed E-state index contributed by atoms with van der Waals surface area (Å²) in [7, 11) is -2.73. The molecule has 0 aromatic heterocycles. The maximum Gasteiger partial charge on any atom is 0.358 e. The predicted octanol–water partition coefficient (Wildman–Crippen LogP) is 6.02. The third kappa shape index (κ3) is 7.52. The van der Waals surface area contributed by atoms with Crippen LogP contribution in [-0.2, 0) is 31.0 Å². The second kappa shape index (κ2) is 13.4. The first kappa shape index (κ1) is 32.2. The summed E-state index contributed by atoms with van der Waals surface area (Å²) in [6.45, 7) is 6.10. The Balaban J connectivity index is 1.46. The quantitative estimate of drug-likeness (QED) is 0.204. The molecular formula is C36H35N3O6S. The number of allylic oxidation sites excluding steroid dienone is 2. The number of ether oxygens (including phenoxy) is 1. The van der Waals surface area contributed by atoms with E-state index in [1.54, 1.807) is 60.7 Å². The molecular weight excluding hydrogens is 602 g/mol. The zero-order chi connectivity index (χ0) is 32.9. The zero-order valence-corrected chi connectivity index (χ0v) is 26.8. The number of amides is 1. The number of anilines is 1. The Morgan fingerprint density at radius 1 is 0.870 bits per heavy atom. The Labute approximate surface area is 269 Å². The summed E-state index contributed by atoms with van der Waals surface area (Å²) in [4.78, 5) is 27.2. The monoisotopic (exact) mass is 637 g/mol. The molecule has 4 aromatic carbocycles. The average Bonchev–Trinajstić information content (AvgIpc) is 3.05. The number of ketones is 1. The number of hydrogen-bond acceptors (Lipinski definition) is 8. The van der Waals surface area contributed by atoms with Crippen LogP contribution in [0.5, 0.6) is 5.75 Å². The topological polar surface area (TPSA) is 123 Å². The summed E-state index contributed by atoms with van der Waals surface area (Å²) in [5.41, 5.74) is 3.07. The van der Waals surface area contributed by atoms with Gasteiger partial charge in [-0.1, -0.05) is 98.7 Å². The number of nitrogens with zero attached hydrogens (tertiary/aromatic N) is 1. The number of carbonyl (C=O) groups excluding carboxylic acids is 2. The molecule has 5 rings (SSSR count). The van der Waals surface area contributed by atoms with Crippen LogP contribution in [0.25, 0.3) is 0 Å². The number of benzene rings is 4. The van der Waals surface area contributed by atoms with E-state index in [0.717, 1.165) is 11.1 Å². The van der Waals surface area contributed by atoms with Crippen molar-refractivity contribution in [2.75, 3.05) is 12.4 Å². The molecule has 1 aliphatic rings. The summed E-state index contributed by atoms with van der Waals surface area (Å²) in [6.07, 6.45) is 1.66. The van der Waals surface area contributed by atoms with Crippen molar-refractivity contribution >= 4 is 33.2 Å². The predicted molar refractivity (Wildman–Crippen MR) is 177 cm³/mol. The van der Waals surface area contributed by atoms with Crippen LogP contribution in [0.2, 0.25) is 0 Å². The highest BCUT2D eigenvalue weighted by atomic mass is 32.2. The molecule has 0 saturated heterocycles.